The molecule has 0 unspecified atom stereocenters. The number of methoxy groups -OCH3 is 1. The SMILES string of the molecule is COc1ccc2c(Oc3ccc(NC(=O)c4c(C)n(C[C@H](C)F)n(-c5ccccc5)c4=O)cc3F)ccnc2c1. The quantitative estimate of drug-likeness (QED) is 0.257. The third-order valence-corrected chi connectivity index (χ3v) is 6.37. The standard InChI is InChI=1S/C30H26F2N4O4/c1-18(31)17-35-19(2)28(30(38)36(35)21-7-5-4-6-8-21)29(37)34-20-9-12-27(24(32)15-20)40-26-13-14-33-25-16-22(39-3)10-11-23(25)26/h4-16,18H,17H2,1-3H3,(H,34,37)/t18-/m0/s1. The van der Waals surface area contributed by atoms with Crippen LogP contribution in [0.15, 0.2) is 83.8 Å². The topological polar surface area (TPSA) is 87.4 Å². The Morgan fingerprint density at radius 3 is 2.52 bits per heavy atom. The number of fused-ring (bicyclic) bond motifs is 1. The van der Waals surface area contributed by atoms with E-state index in [-0.39, 0.29) is 29.2 Å². The second kappa shape index (κ2) is 11.0. The molecule has 5 aromatic rings. The van der Waals surface area contributed by atoms with E-state index in [2.05, 4.69) is 10.3 Å². The van der Waals surface area contributed by atoms with E-state index in [9.17, 15) is 14.0 Å². The van der Waals surface area contributed by atoms with Gasteiger partial charge in [-0.15, -0.1) is 0 Å². The molecule has 0 aliphatic carbocycles. The van der Waals surface area contributed by atoms with Crippen molar-refractivity contribution in [3.8, 4) is 22.9 Å². The molecule has 5 rings (SSSR count). The fourth-order valence-corrected chi connectivity index (χ4v) is 4.48. The molecule has 0 saturated carbocycles. The van der Waals surface area contributed by atoms with E-state index in [1.54, 1.807) is 74.8 Å². The second-order valence-electron chi connectivity index (χ2n) is 9.17. The lowest BCUT2D eigenvalue weighted by atomic mass is 10.2. The highest BCUT2D eigenvalue weighted by molar-refractivity contribution is 6.05. The molecule has 2 heterocycles. The van der Waals surface area contributed by atoms with Crippen molar-refractivity contribution in [3.05, 3.63) is 106 Å². The molecule has 8 nitrogen and oxygen atoms in total. The van der Waals surface area contributed by atoms with Crippen molar-refractivity contribution in [1.29, 1.82) is 0 Å². The lowest BCUT2D eigenvalue weighted by Gasteiger charge is -2.14. The van der Waals surface area contributed by atoms with Crippen LogP contribution in [0.5, 0.6) is 17.2 Å². The van der Waals surface area contributed by atoms with Crippen LogP contribution >= 0.6 is 0 Å². The number of rotatable bonds is 8. The summed E-state index contributed by atoms with van der Waals surface area (Å²) in [6.07, 6.45) is 0.279. The van der Waals surface area contributed by atoms with Crippen LogP contribution in [-0.4, -0.2) is 33.5 Å². The van der Waals surface area contributed by atoms with Gasteiger partial charge < -0.3 is 14.8 Å². The maximum absolute atomic E-state index is 15.1. The zero-order chi connectivity index (χ0) is 28.4. The maximum atomic E-state index is 15.1. The van der Waals surface area contributed by atoms with E-state index in [0.29, 0.717) is 28.1 Å². The summed E-state index contributed by atoms with van der Waals surface area (Å²) < 4.78 is 42.8. The second-order valence-corrected chi connectivity index (χ2v) is 9.17. The van der Waals surface area contributed by atoms with Crippen molar-refractivity contribution in [2.45, 2.75) is 26.6 Å². The third-order valence-electron chi connectivity index (χ3n) is 6.37. The molecule has 0 spiro atoms. The van der Waals surface area contributed by atoms with E-state index in [0.717, 1.165) is 6.07 Å². The van der Waals surface area contributed by atoms with Crippen LogP contribution in [0.2, 0.25) is 0 Å². The first-order chi connectivity index (χ1) is 19.3. The molecule has 3 aromatic carbocycles. The zero-order valence-corrected chi connectivity index (χ0v) is 22.0. The molecule has 10 heteroatoms. The van der Waals surface area contributed by atoms with Crippen LogP contribution in [0.4, 0.5) is 14.5 Å². The molecule has 0 radical (unpaired) electrons. The molecule has 40 heavy (non-hydrogen) atoms. The average Bonchev–Trinajstić information content (AvgIpc) is 3.18. The number of nitrogens with one attached hydrogen (secondary N) is 1. The number of hydrogen-bond acceptors (Lipinski definition) is 5. The highest BCUT2D eigenvalue weighted by Crippen LogP contribution is 2.33. The van der Waals surface area contributed by atoms with Crippen LogP contribution in [0, 0.1) is 12.7 Å². The fraction of sp³-hybridized carbons (Fsp3) is 0.167. The normalized spacial score (nSPS) is 11.8. The minimum Gasteiger partial charge on any atom is -0.497 e. The Kier molecular flexibility index (Phi) is 7.33. The van der Waals surface area contributed by atoms with Crippen molar-refractivity contribution in [1.82, 2.24) is 14.3 Å². The minimum atomic E-state index is -1.27. The van der Waals surface area contributed by atoms with Crippen molar-refractivity contribution >= 4 is 22.5 Å². The van der Waals surface area contributed by atoms with E-state index in [1.165, 1.54) is 28.4 Å². The Balaban J connectivity index is 1.42. The largest absolute Gasteiger partial charge is 0.497 e. The smallest absolute Gasteiger partial charge is 0.284 e. The summed E-state index contributed by atoms with van der Waals surface area (Å²) in [4.78, 5) is 30.9. The molecule has 0 bridgehead atoms. The van der Waals surface area contributed by atoms with Gasteiger partial charge in [-0.05, 0) is 56.3 Å². The van der Waals surface area contributed by atoms with Crippen LogP contribution in [0.3, 0.4) is 0 Å². The lowest BCUT2D eigenvalue weighted by Crippen LogP contribution is -2.26. The van der Waals surface area contributed by atoms with Crippen LogP contribution in [0.25, 0.3) is 16.6 Å². The first-order valence-corrected chi connectivity index (χ1v) is 12.5. The molecule has 0 aliphatic heterocycles. The number of alkyl halides is 1. The van der Waals surface area contributed by atoms with Gasteiger partial charge in [0.1, 0.15) is 23.2 Å². The first kappa shape index (κ1) is 26.6. The highest BCUT2D eigenvalue weighted by atomic mass is 19.1. The van der Waals surface area contributed by atoms with E-state index >= 15 is 4.39 Å². The lowest BCUT2D eigenvalue weighted by molar-refractivity contribution is 0.102. The maximum Gasteiger partial charge on any atom is 0.284 e. The minimum absolute atomic E-state index is 0.0629. The molecule has 0 fully saturated rings. The van der Waals surface area contributed by atoms with E-state index in [1.807, 2.05) is 0 Å². The Labute approximate surface area is 228 Å². The Morgan fingerprint density at radius 2 is 1.82 bits per heavy atom. The van der Waals surface area contributed by atoms with Gasteiger partial charge in [-0.25, -0.2) is 13.5 Å². The number of hydrogen-bond donors (Lipinski definition) is 1. The number of halogens is 2. The highest BCUT2D eigenvalue weighted by Gasteiger charge is 2.25. The van der Waals surface area contributed by atoms with Crippen molar-refractivity contribution in [3.63, 3.8) is 0 Å². The van der Waals surface area contributed by atoms with Gasteiger partial charge in [0.25, 0.3) is 11.5 Å². The summed E-state index contributed by atoms with van der Waals surface area (Å²) >= 11 is 0. The molecule has 2 aromatic heterocycles. The summed E-state index contributed by atoms with van der Waals surface area (Å²) in [7, 11) is 1.55. The zero-order valence-electron chi connectivity index (χ0n) is 22.0. The Bertz CT molecular complexity index is 1760. The van der Waals surface area contributed by atoms with Crippen molar-refractivity contribution in [2.75, 3.05) is 12.4 Å². The predicted octanol–water partition coefficient (Wildman–Crippen LogP) is 6.05. The van der Waals surface area contributed by atoms with E-state index in [4.69, 9.17) is 9.47 Å². The van der Waals surface area contributed by atoms with Crippen LogP contribution in [-0.2, 0) is 6.54 Å². The summed E-state index contributed by atoms with van der Waals surface area (Å²) in [5.41, 5.74) is 0.748. The number of nitrogens with zero attached hydrogens (tertiary/aromatic N) is 3. The number of aromatic nitrogens is 3. The summed E-state index contributed by atoms with van der Waals surface area (Å²) in [5.74, 6) is -0.502. The van der Waals surface area contributed by atoms with Crippen molar-refractivity contribution in [2.24, 2.45) is 0 Å². The van der Waals surface area contributed by atoms with E-state index < -0.39 is 23.5 Å². The van der Waals surface area contributed by atoms with Crippen LogP contribution in [0.1, 0.15) is 23.0 Å². The number of para-hydroxylation sites is 1. The number of ether oxygens (including phenoxy) is 2. The first-order valence-electron chi connectivity index (χ1n) is 12.5. The van der Waals surface area contributed by atoms with Gasteiger partial charge in [-0.2, -0.15) is 0 Å². The molecular formula is C30H26F2N4O4. The molecular weight excluding hydrogens is 518 g/mol. The fourth-order valence-electron chi connectivity index (χ4n) is 4.48. The number of carbonyl (C=O) groups is 1. The number of anilines is 1. The number of pyridine rings is 1. The molecule has 0 aliphatic rings. The Morgan fingerprint density at radius 1 is 1.05 bits per heavy atom. The molecule has 204 valence electrons. The molecule has 1 amide bonds. The summed E-state index contributed by atoms with van der Waals surface area (Å²) in [6, 6.07) is 19.5. The number of benzene rings is 3. The van der Waals surface area contributed by atoms with Crippen LogP contribution < -0.4 is 20.3 Å². The van der Waals surface area contributed by atoms with Gasteiger partial charge in [0.05, 0.1) is 30.6 Å². The monoisotopic (exact) mass is 544 g/mol. The third kappa shape index (κ3) is 5.15. The van der Waals surface area contributed by atoms with Gasteiger partial charge >= 0.3 is 0 Å². The summed E-state index contributed by atoms with van der Waals surface area (Å²) in [5, 5.41) is 3.24. The van der Waals surface area contributed by atoms with Crippen molar-refractivity contribution < 1.29 is 23.0 Å². The number of amides is 1. The van der Waals surface area contributed by atoms with Gasteiger partial charge in [0.2, 0.25) is 0 Å². The predicted molar refractivity (Wildman–Crippen MR) is 148 cm³/mol. The van der Waals surface area contributed by atoms with Gasteiger partial charge in [-0.1, -0.05) is 18.2 Å². The number of carbonyl (C=O) groups excluding carboxylic acids is 1. The van der Waals surface area contributed by atoms with Gasteiger partial charge in [0.15, 0.2) is 11.6 Å². The Hall–Kier alpha value is -4.99. The summed E-state index contributed by atoms with van der Waals surface area (Å²) in [6.45, 7) is 2.82. The van der Waals surface area contributed by atoms with Gasteiger partial charge in [-0.3, -0.25) is 19.3 Å². The molecule has 1 N–H and O–H groups in total. The van der Waals surface area contributed by atoms with Gasteiger partial charge in [0, 0.05) is 29.4 Å². The molecule has 0 saturated heterocycles. The molecule has 1 atom stereocenters. The average molecular weight is 545 g/mol.